The van der Waals surface area contributed by atoms with Gasteiger partial charge in [-0.1, -0.05) is 60.7 Å². The number of hydrogen-bond acceptors (Lipinski definition) is 6. The molecule has 0 fully saturated rings. The van der Waals surface area contributed by atoms with E-state index in [1.54, 1.807) is 0 Å². The van der Waals surface area contributed by atoms with Crippen LogP contribution in [0.1, 0.15) is 52.7 Å². The third-order valence-corrected chi connectivity index (χ3v) is 6.02. The Kier molecular flexibility index (Phi) is 13.5. The maximum atomic E-state index is 10.2. The Morgan fingerprint density at radius 1 is 0.561 bits per heavy atom. The van der Waals surface area contributed by atoms with E-state index in [9.17, 15) is 10.4 Å². The topological polar surface area (TPSA) is 72.7 Å². The predicted molar refractivity (Wildman–Crippen MR) is 169 cm³/mol. The zero-order valence-corrected chi connectivity index (χ0v) is 29.0. The Hall–Kier alpha value is -2.28. The van der Waals surface area contributed by atoms with Gasteiger partial charge < -0.3 is 0 Å². The van der Waals surface area contributed by atoms with E-state index in [2.05, 4.69) is 35.9 Å². The fourth-order valence-electron chi connectivity index (χ4n) is 3.79. The van der Waals surface area contributed by atoms with Crippen molar-refractivity contribution in [2.24, 2.45) is 0 Å². The van der Waals surface area contributed by atoms with Gasteiger partial charge in [0.25, 0.3) is 0 Å². The van der Waals surface area contributed by atoms with Crippen LogP contribution in [0.3, 0.4) is 0 Å². The van der Waals surface area contributed by atoms with Crippen LogP contribution in [0.25, 0.3) is 22.5 Å². The zero-order valence-electron chi connectivity index (χ0n) is 25.0. The summed E-state index contributed by atoms with van der Waals surface area (Å²) in [6.45, 7) is 15.8. The first-order valence-corrected chi connectivity index (χ1v) is 19.5. The third-order valence-electron chi connectivity index (χ3n) is 6.02. The minimum absolute atomic E-state index is 0.378. The van der Waals surface area contributed by atoms with Crippen LogP contribution in [0.15, 0.2) is 84.9 Å². The second-order valence-electron chi connectivity index (χ2n) is 11.4. The Morgan fingerprint density at radius 2 is 0.878 bits per heavy atom. The number of rotatable bonds is 4. The predicted octanol–water partition coefficient (Wildman–Crippen LogP) is 9.48. The number of aryl methyl sites for hydroxylation is 2. The molecule has 41 heavy (non-hydrogen) atoms. The molecule has 9 heteroatoms. The van der Waals surface area contributed by atoms with Crippen molar-refractivity contribution in [3.63, 3.8) is 0 Å². The van der Waals surface area contributed by atoms with E-state index >= 15 is 0 Å². The Balaban J connectivity index is 0.000000262. The average Bonchev–Trinajstić information content (AvgIpc) is 2.93. The van der Waals surface area contributed by atoms with Crippen LogP contribution < -0.4 is 10.1 Å². The molecule has 0 saturated carbocycles. The molecule has 0 radical (unpaired) electrons. The van der Waals surface area contributed by atoms with Crippen LogP contribution in [0.2, 0.25) is 0 Å². The third kappa shape index (κ3) is 10.5. The van der Waals surface area contributed by atoms with Crippen LogP contribution in [-0.2, 0) is 20.8 Å². The maximum absolute atomic E-state index is 10.2. The summed E-state index contributed by atoms with van der Waals surface area (Å²) in [6, 6.07) is 27.6. The van der Waals surface area contributed by atoms with Crippen LogP contribution in [-0.4, -0.2) is 31.5 Å². The molecular weight excluding hydrogens is 635 g/mol. The van der Waals surface area contributed by atoms with E-state index in [1.165, 1.54) is 21.3 Å². The van der Waals surface area contributed by atoms with Crippen molar-refractivity contribution in [3.05, 3.63) is 96.1 Å². The quantitative estimate of drug-likeness (QED) is 0.210. The molecule has 0 aliphatic heterocycles. The van der Waals surface area contributed by atoms with Gasteiger partial charge in [-0.05, 0) is 90.8 Å². The minimum atomic E-state index is -0.826. The van der Waals surface area contributed by atoms with Gasteiger partial charge in [-0.15, -0.1) is 0 Å². The zero-order chi connectivity index (χ0) is 30.8. The second kappa shape index (κ2) is 15.8. The first kappa shape index (κ1) is 34.9. The van der Waals surface area contributed by atoms with E-state index in [1.807, 2.05) is 114 Å². The summed E-state index contributed by atoms with van der Waals surface area (Å²) in [7, 11) is 9.87. The van der Waals surface area contributed by atoms with Gasteiger partial charge in [0, 0.05) is 11.1 Å². The molecule has 216 valence electrons. The number of aromatic nitrogens is 2. The van der Waals surface area contributed by atoms with E-state index in [4.69, 9.17) is 17.0 Å². The average molecular weight is 675 g/mol. The van der Waals surface area contributed by atoms with Crippen LogP contribution in [0, 0.1) is 13.8 Å². The van der Waals surface area contributed by atoms with Crippen molar-refractivity contribution in [2.45, 2.75) is 66.5 Å². The standard InChI is InChI=1S/2C16H20N2O.2ClH.Zr/c2*1-12-8-5-6-9-13(12)14-10-7-11-15(17-14)18(19)16(2,3)4;;;/h2*5-11,19H,1-4H3;2*1H;/q;;;;+4/p-2. The van der Waals surface area contributed by atoms with Gasteiger partial charge in [0.05, 0.1) is 22.5 Å². The molecular formula is C32H40Cl2N4O2Zr+2. The van der Waals surface area contributed by atoms with Crippen LogP contribution >= 0.6 is 17.0 Å². The molecule has 6 nitrogen and oxygen atoms in total. The van der Waals surface area contributed by atoms with Crippen LogP contribution in [0.4, 0.5) is 11.6 Å². The van der Waals surface area contributed by atoms with Gasteiger partial charge >= 0.3 is 37.9 Å². The molecule has 0 bridgehead atoms. The van der Waals surface area contributed by atoms with E-state index < -0.39 is 20.8 Å². The fourth-order valence-corrected chi connectivity index (χ4v) is 3.79. The van der Waals surface area contributed by atoms with Crippen molar-refractivity contribution in [2.75, 3.05) is 10.1 Å². The number of anilines is 2. The molecule has 2 aromatic heterocycles. The van der Waals surface area contributed by atoms with Crippen molar-refractivity contribution in [1.82, 2.24) is 9.97 Å². The number of hydroxylamine groups is 2. The SMILES string of the molecule is Cc1ccccc1-c1cccc(N(O)C(C)(C)C)n1.Cc1ccccc1-c1cccc(N(O)C(C)(C)C)n1.[Cl][Zr+2][Cl]. The Morgan fingerprint density at radius 3 is 1.17 bits per heavy atom. The van der Waals surface area contributed by atoms with Gasteiger partial charge in [0.1, 0.15) is 0 Å². The normalized spacial score (nSPS) is 10.8. The van der Waals surface area contributed by atoms with Crippen LogP contribution in [0.5, 0.6) is 0 Å². The van der Waals surface area contributed by atoms with E-state index in [0.29, 0.717) is 11.6 Å². The summed E-state index contributed by atoms with van der Waals surface area (Å²) in [5, 5.41) is 22.7. The first-order chi connectivity index (χ1) is 19.2. The molecule has 0 aliphatic rings. The number of pyridine rings is 2. The molecule has 0 spiro atoms. The van der Waals surface area contributed by atoms with Crippen molar-refractivity contribution >= 4 is 28.7 Å². The van der Waals surface area contributed by atoms with Crippen molar-refractivity contribution < 1.29 is 31.3 Å². The number of nitrogens with zero attached hydrogens (tertiary/aromatic N) is 4. The first-order valence-electron chi connectivity index (χ1n) is 13.2. The Bertz CT molecular complexity index is 1290. The van der Waals surface area contributed by atoms with Gasteiger partial charge in [-0.25, -0.2) is 20.1 Å². The number of benzene rings is 2. The van der Waals surface area contributed by atoms with E-state index in [0.717, 1.165) is 22.5 Å². The molecule has 0 aliphatic carbocycles. The molecule has 2 aromatic carbocycles. The summed E-state index contributed by atoms with van der Waals surface area (Å²) in [5.74, 6) is 1.13. The number of hydrogen-bond donors (Lipinski definition) is 2. The van der Waals surface area contributed by atoms with E-state index in [-0.39, 0.29) is 11.1 Å². The summed E-state index contributed by atoms with van der Waals surface area (Å²) >= 11 is -0.826. The summed E-state index contributed by atoms with van der Waals surface area (Å²) < 4.78 is 0. The fraction of sp³-hybridized carbons (Fsp3) is 0.312. The molecule has 0 atom stereocenters. The summed E-state index contributed by atoms with van der Waals surface area (Å²) in [4.78, 5) is 9.09. The molecule has 2 heterocycles. The number of halogens is 2. The molecule has 0 amide bonds. The van der Waals surface area contributed by atoms with Gasteiger partial charge in [0.2, 0.25) is 0 Å². The monoisotopic (exact) mass is 672 g/mol. The van der Waals surface area contributed by atoms with Gasteiger partial charge in [0.15, 0.2) is 11.6 Å². The van der Waals surface area contributed by atoms with Gasteiger partial charge in [-0.2, -0.15) is 0 Å². The molecule has 0 unspecified atom stereocenters. The summed E-state index contributed by atoms with van der Waals surface area (Å²) in [6.07, 6.45) is 0. The summed E-state index contributed by atoms with van der Waals surface area (Å²) in [5.41, 5.74) is 5.52. The van der Waals surface area contributed by atoms with Crippen molar-refractivity contribution in [3.8, 4) is 22.5 Å². The van der Waals surface area contributed by atoms with Crippen molar-refractivity contribution in [1.29, 1.82) is 0 Å². The molecule has 4 rings (SSSR count). The Labute approximate surface area is 263 Å². The van der Waals surface area contributed by atoms with Gasteiger partial charge in [-0.3, -0.25) is 10.4 Å². The molecule has 4 aromatic rings. The molecule has 0 saturated heterocycles. The molecule has 2 N–H and O–H groups in total. The second-order valence-corrected chi connectivity index (χ2v) is 15.2.